The molecule has 28 heavy (non-hydrogen) atoms. The summed E-state index contributed by atoms with van der Waals surface area (Å²) in [5.41, 5.74) is 1.58. The van der Waals surface area contributed by atoms with Crippen LogP contribution in [0.1, 0.15) is 17.0 Å². The smallest absolute Gasteiger partial charge is 0.256 e. The highest BCUT2D eigenvalue weighted by atomic mass is 35.5. The van der Waals surface area contributed by atoms with Crippen molar-refractivity contribution in [2.45, 2.75) is 24.7 Å². The van der Waals surface area contributed by atoms with E-state index in [1.165, 1.54) is 0 Å². The molecule has 0 saturated carbocycles. The van der Waals surface area contributed by atoms with Gasteiger partial charge in [0, 0.05) is 36.4 Å². The standard InChI is InChI=1S/C19H18ClN3O4S/c1-28(25,26)19-21-16-8-9-23(11-15(16)18(24)22-19)10-14-6-7-17(27-14)12-2-4-13(20)5-3-12/h2-7H,8-11H2,1H3,(H,21,22,24). The van der Waals surface area contributed by atoms with Crippen LogP contribution in [0.5, 0.6) is 0 Å². The Kier molecular flexibility index (Phi) is 4.86. The first-order chi connectivity index (χ1) is 13.3. The van der Waals surface area contributed by atoms with Crippen LogP contribution in [0.15, 0.2) is 50.8 Å². The predicted octanol–water partition coefficient (Wildman–Crippen LogP) is 2.65. The van der Waals surface area contributed by atoms with Gasteiger partial charge in [-0.15, -0.1) is 0 Å². The van der Waals surface area contributed by atoms with E-state index in [2.05, 4.69) is 14.9 Å². The Labute approximate surface area is 166 Å². The summed E-state index contributed by atoms with van der Waals surface area (Å²) < 4.78 is 29.2. The number of nitrogens with zero attached hydrogens (tertiary/aromatic N) is 2. The Balaban J connectivity index is 1.51. The number of H-pyrrole nitrogens is 1. The summed E-state index contributed by atoms with van der Waals surface area (Å²) in [6.45, 7) is 1.59. The van der Waals surface area contributed by atoms with E-state index in [-0.39, 0.29) is 5.16 Å². The molecule has 4 rings (SSSR count). The molecule has 9 heteroatoms. The molecule has 0 bridgehead atoms. The van der Waals surface area contributed by atoms with Crippen molar-refractivity contribution in [3.63, 3.8) is 0 Å². The highest BCUT2D eigenvalue weighted by Crippen LogP contribution is 2.25. The van der Waals surface area contributed by atoms with E-state index in [1.54, 1.807) is 0 Å². The van der Waals surface area contributed by atoms with Gasteiger partial charge in [-0.05, 0) is 36.4 Å². The fraction of sp³-hybridized carbons (Fsp3) is 0.263. The van der Waals surface area contributed by atoms with Gasteiger partial charge in [0.1, 0.15) is 11.5 Å². The highest BCUT2D eigenvalue weighted by Gasteiger charge is 2.24. The van der Waals surface area contributed by atoms with Crippen LogP contribution in [0.25, 0.3) is 11.3 Å². The van der Waals surface area contributed by atoms with Crippen LogP contribution in [0.3, 0.4) is 0 Å². The van der Waals surface area contributed by atoms with Gasteiger partial charge < -0.3 is 4.42 Å². The molecule has 0 radical (unpaired) electrons. The van der Waals surface area contributed by atoms with Crippen molar-refractivity contribution in [2.75, 3.05) is 12.8 Å². The maximum atomic E-state index is 12.3. The Morgan fingerprint density at radius 3 is 2.68 bits per heavy atom. The number of halogens is 1. The number of aromatic nitrogens is 2. The zero-order valence-corrected chi connectivity index (χ0v) is 16.7. The molecule has 0 unspecified atom stereocenters. The van der Waals surface area contributed by atoms with Gasteiger partial charge >= 0.3 is 0 Å². The summed E-state index contributed by atoms with van der Waals surface area (Å²) in [6.07, 6.45) is 1.54. The molecular formula is C19H18ClN3O4S. The molecule has 146 valence electrons. The van der Waals surface area contributed by atoms with Crippen molar-refractivity contribution in [2.24, 2.45) is 0 Å². The molecule has 3 aromatic rings. The Morgan fingerprint density at radius 1 is 1.21 bits per heavy atom. The van der Waals surface area contributed by atoms with Crippen LogP contribution in [-0.4, -0.2) is 36.1 Å². The van der Waals surface area contributed by atoms with Crippen LogP contribution in [-0.2, 0) is 29.3 Å². The summed E-state index contributed by atoms with van der Waals surface area (Å²) in [5, 5.41) is 0.392. The summed E-state index contributed by atoms with van der Waals surface area (Å²) in [7, 11) is -3.55. The Morgan fingerprint density at radius 2 is 1.96 bits per heavy atom. The first kappa shape index (κ1) is 18.9. The summed E-state index contributed by atoms with van der Waals surface area (Å²) in [5.74, 6) is 1.53. The number of hydrogen-bond donors (Lipinski definition) is 1. The number of nitrogens with one attached hydrogen (secondary N) is 1. The molecular weight excluding hydrogens is 402 g/mol. The van der Waals surface area contributed by atoms with Crippen LogP contribution >= 0.6 is 11.6 Å². The number of furan rings is 1. The lowest BCUT2D eigenvalue weighted by Crippen LogP contribution is -2.36. The molecule has 0 spiro atoms. The molecule has 0 fully saturated rings. The lowest BCUT2D eigenvalue weighted by Gasteiger charge is -2.26. The largest absolute Gasteiger partial charge is 0.460 e. The second-order valence-corrected chi connectivity index (χ2v) is 9.17. The molecule has 1 aromatic carbocycles. The van der Waals surface area contributed by atoms with Crippen molar-refractivity contribution in [1.82, 2.24) is 14.9 Å². The van der Waals surface area contributed by atoms with Gasteiger partial charge in [0.15, 0.2) is 0 Å². The number of aromatic amines is 1. The number of rotatable bonds is 4. The number of benzene rings is 1. The first-order valence-corrected chi connectivity index (χ1v) is 11.0. The molecule has 7 nitrogen and oxygen atoms in total. The van der Waals surface area contributed by atoms with Gasteiger partial charge in [-0.1, -0.05) is 11.6 Å². The van der Waals surface area contributed by atoms with Gasteiger partial charge in [0.2, 0.25) is 15.0 Å². The third kappa shape index (κ3) is 3.89. The maximum Gasteiger partial charge on any atom is 0.256 e. The van der Waals surface area contributed by atoms with Gasteiger partial charge in [0.25, 0.3) is 5.56 Å². The summed E-state index contributed by atoms with van der Waals surface area (Å²) in [6, 6.07) is 11.2. The van der Waals surface area contributed by atoms with Crippen LogP contribution in [0.2, 0.25) is 5.02 Å². The molecule has 1 aliphatic heterocycles. The average Bonchev–Trinajstić information content (AvgIpc) is 3.10. The van der Waals surface area contributed by atoms with Crippen molar-refractivity contribution in [1.29, 1.82) is 0 Å². The number of sulfone groups is 1. The first-order valence-electron chi connectivity index (χ1n) is 8.69. The highest BCUT2D eigenvalue weighted by molar-refractivity contribution is 7.90. The molecule has 2 aromatic heterocycles. The summed E-state index contributed by atoms with van der Waals surface area (Å²) >= 11 is 5.92. The fourth-order valence-corrected chi connectivity index (χ4v) is 3.90. The van der Waals surface area contributed by atoms with E-state index in [9.17, 15) is 13.2 Å². The molecule has 0 aliphatic carbocycles. The van der Waals surface area contributed by atoms with Gasteiger partial charge in [0.05, 0.1) is 17.8 Å². The second-order valence-electron chi connectivity index (χ2n) is 6.80. The second kappa shape index (κ2) is 7.20. The van der Waals surface area contributed by atoms with E-state index >= 15 is 0 Å². The monoisotopic (exact) mass is 419 g/mol. The van der Waals surface area contributed by atoms with Crippen molar-refractivity contribution >= 4 is 21.4 Å². The molecule has 3 heterocycles. The minimum Gasteiger partial charge on any atom is -0.460 e. The third-order valence-corrected chi connectivity index (χ3v) is 5.79. The van der Waals surface area contributed by atoms with Crippen LogP contribution < -0.4 is 5.56 Å². The van der Waals surface area contributed by atoms with E-state index in [4.69, 9.17) is 16.0 Å². The molecule has 1 aliphatic rings. The Bertz CT molecular complexity index is 1180. The van der Waals surface area contributed by atoms with E-state index in [0.29, 0.717) is 42.3 Å². The van der Waals surface area contributed by atoms with Crippen LogP contribution in [0, 0.1) is 0 Å². The number of fused-ring (bicyclic) bond motifs is 1. The lowest BCUT2D eigenvalue weighted by molar-refractivity contribution is 0.222. The minimum absolute atomic E-state index is 0.275. The topological polar surface area (TPSA) is 96.3 Å². The molecule has 1 N–H and O–H groups in total. The molecule has 0 atom stereocenters. The van der Waals surface area contributed by atoms with Crippen molar-refractivity contribution in [3.8, 4) is 11.3 Å². The van der Waals surface area contributed by atoms with Crippen molar-refractivity contribution < 1.29 is 12.8 Å². The zero-order valence-electron chi connectivity index (χ0n) is 15.1. The lowest BCUT2D eigenvalue weighted by atomic mass is 10.1. The minimum atomic E-state index is -3.55. The average molecular weight is 420 g/mol. The number of hydrogen-bond acceptors (Lipinski definition) is 6. The van der Waals surface area contributed by atoms with Gasteiger partial charge in [-0.3, -0.25) is 14.7 Å². The zero-order chi connectivity index (χ0) is 19.9. The third-order valence-electron chi connectivity index (χ3n) is 4.65. The van der Waals surface area contributed by atoms with E-state index in [1.807, 2.05) is 36.4 Å². The SMILES string of the molecule is CS(=O)(=O)c1nc2c(c(=O)[nH]1)CN(Cc1ccc(-c3ccc(Cl)cc3)o1)CC2. The van der Waals surface area contributed by atoms with E-state index < -0.39 is 15.4 Å². The van der Waals surface area contributed by atoms with Crippen LogP contribution in [0.4, 0.5) is 0 Å². The Hall–Kier alpha value is -2.42. The normalized spacial score (nSPS) is 14.8. The quantitative estimate of drug-likeness (QED) is 0.653. The summed E-state index contributed by atoms with van der Waals surface area (Å²) in [4.78, 5) is 20.9. The molecule has 0 amide bonds. The maximum absolute atomic E-state index is 12.3. The predicted molar refractivity (Wildman–Crippen MR) is 105 cm³/mol. The van der Waals surface area contributed by atoms with Gasteiger partial charge in [-0.2, -0.15) is 0 Å². The molecule has 0 saturated heterocycles. The fourth-order valence-electron chi connectivity index (χ4n) is 3.22. The van der Waals surface area contributed by atoms with Gasteiger partial charge in [-0.25, -0.2) is 13.4 Å². The van der Waals surface area contributed by atoms with Crippen molar-refractivity contribution in [3.05, 3.63) is 68.8 Å². The van der Waals surface area contributed by atoms with E-state index in [0.717, 1.165) is 23.3 Å².